The average molecular weight is 523 g/mol. The smallest absolute Gasteiger partial charge is 0.248 e. The van der Waals surface area contributed by atoms with Crippen LogP contribution in [0.3, 0.4) is 0 Å². The monoisotopic (exact) mass is 523 g/mol. The molecule has 7 nitrogen and oxygen atoms in total. The predicted molar refractivity (Wildman–Crippen MR) is 132 cm³/mol. The molecule has 0 atom stereocenters. The molecule has 162 valence electrons. The van der Waals surface area contributed by atoms with Crippen LogP contribution in [0, 0.1) is 0 Å². The highest BCUT2D eigenvalue weighted by Gasteiger charge is 2.20. The summed E-state index contributed by atoms with van der Waals surface area (Å²) in [5, 5.41) is 3.38. The molecule has 0 radical (unpaired) electrons. The van der Waals surface area contributed by atoms with Crippen molar-refractivity contribution < 1.29 is 9.53 Å². The lowest BCUT2D eigenvalue weighted by Crippen LogP contribution is -2.52. The van der Waals surface area contributed by atoms with Gasteiger partial charge in [0, 0.05) is 44.0 Å². The van der Waals surface area contributed by atoms with E-state index in [9.17, 15) is 4.79 Å². The first-order valence-corrected chi connectivity index (χ1v) is 9.91. The maximum atomic E-state index is 11.4. The second-order valence-corrected chi connectivity index (χ2v) is 6.91. The number of anilines is 1. The van der Waals surface area contributed by atoms with Crippen LogP contribution >= 0.6 is 24.0 Å². The van der Waals surface area contributed by atoms with Crippen molar-refractivity contribution in [1.82, 2.24) is 10.2 Å². The molecule has 30 heavy (non-hydrogen) atoms. The number of carbonyl (C=O) groups excluding carboxylic acids is 1. The fourth-order valence-electron chi connectivity index (χ4n) is 3.38. The molecule has 1 heterocycles. The number of primary amides is 1. The molecule has 1 aliphatic rings. The van der Waals surface area contributed by atoms with Gasteiger partial charge in [-0.05, 0) is 48.9 Å². The minimum absolute atomic E-state index is 0. The van der Waals surface area contributed by atoms with E-state index in [4.69, 9.17) is 15.5 Å². The largest absolute Gasteiger partial charge is 0.497 e. The number of amides is 1. The molecular formula is C22H30IN5O2. The molecule has 1 amide bonds. The van der Waals surface area contributed by atoms with E-state index < -0.39 is 5.91 Å². The number of carbonyl (C=O) groups is 1. The molecule has 3 N–H and O–H groups in total. The van der Waals surface area contributed by atoms with Crippen LogP contribution in [0.15, 0.2) is 53.5 Å². The second kappa shape index (κ2) is 11.6. The van der Waals surface area contributed by atoms with Crippen LogP contribution in [0.5, 0.6) is 5.75 Å². The molecule has 0 bridgehead atoms. The fraction of sp³-hybridized carbons (Fsp3) is 0.364. The number of aliphatic imine (C=N–C) groups is 1. The molecule has 1 fully saturated rings. The van der Waals surface area contributed by atoms with Crippen molar-refractivity contribution in [2.24, 2.45) is 10.7 Å². The Labute approximate surface area is 195 Å². The highest BCUT2D eigenvalue weighted by Crippen LogP contribution is 2.20. The predicted octanol–water partition coefficient (Wildman–Crippen LogP) is 2.70. The number of hydrogen-bond acceptors (Lipinski definition) is 4. The van der Waals surface area contributed by atoms with Gasteiger partial charge in [0.1, 0.15) is 5.75 Å². The van der Waals surface area contributed by atoms with Gasteiger partial charge in [-0.1, -0.05) is 12.1 Å². The third-order valence-electron chi connectivity index (χ3n) is 4.97. The van der Waals surface area contributed by atoms with E-state index in [2.05, 4.69) is 34.2 Å². The standard InChI is InChI=1S/C22H29N5O2.HI/c1-3-24-22(25-16-17-5-4-6-18(15-17)21(23)28)27-13-11-26(12-14-27)19-7-9-20(29-2)10-8-19;/h4-10,15H,3,11-14,16H2,1-2H3,(H2,23,28)(H,24,25);1H. The lowest BCUT2D eigenvalue weighted by atomic mass is 10.1. The molecule has 0 saturated carbocycles. The van der Waals surface area contributed by atoms with Gasteiger partial charge in [0.2, 0.25) is 5.91 Å². The Bertz CT molecular complexity index is 849. The van der Waals surface area contributed by atoms with Crippen molar-refractivity contribution in [2.75, 3.05) is 44.7 Å². The third-order valence-corrected chi connectivity index (χ3v) is 4.97. The minimum Gasteiger partial charge on any atom is -0.497 e. The van der Waals surface area contributed by atoms with Crippen molar-refractivity contribution in [3.63, 3.8) is 0 Å². The molecule has 0 aromatic heterocycles. The number of nitrogens with zero attached hydrogens (tertiary/aromatic N) is 3. The number of methoxy groups -OCH3 is 1. The lowest BCUT2D eigenvalue weighted by molar-refractivity contribution is 0.1000. The van der Waals surface area contributed by atoms with Crippen molar-refractivity contribution in [3.8, 4) is 5.75 Å². The molecule has 0 unspecified atom stereocenters. The Morgan fingerprint density at radius 1 is 1.13 bits per heavy atom. The number of nitrogens with two attached hydrogens (primary N) is 1. The summed E-state index contributed by atoms with van der Waals surface area (Å²) in [4.78, 5) is 20.8. The Morgan fingerprint density at radius 3 is 2.43 bits per heavy atom. The number of benzene rings is 2. The van der Waals surface area contributed by atoms with E-state index in [0.717, 1.165) is 50.0 Å². The van der Waals surface area contributed by atoms with E-state index in [1.165, 1.54) is 5.69 Å². The Morgan fingerprint density at radius 2 is 1.83 bits per heavy atom. The van der Waals surface area contributed by atoms with Gasteiger partial charge in [-0.3, -0.25) is 4.79 Å². The summed E-state index contributed by atoms with van der Waals surface area (Å²) in [6, 6.07) is 15.5. The quantitative estimate of drug-likeness (QED) is 0.346. The van der Waals surface area contributed by atoms with E-state index in [-0.39, 0.29) is 24.0 Å². The van der Waals surface area contributed by atoms with Crippen molar-refractivity contribution in [2.45, 2.75) is 13.5 Å². The summed E-state index contributed by atoms with van der Waals surface area (Å²) in [5.74, 6) is 1.35. The van der Waals surface area contributed by atoms with E-state index in [1.807, 2.05) is 24.3 Å². The summed E-state index contributed by atoms with van der Waals surface area (Å²) < 4.78 is 5.24. The molecule has 1 saturated heterocycles. The van der Waals surface area contributed by atoms with Crippen LogP contribution in [0.25, 0.3) is 0 Å². The van der Waals surface area contributed by atoms with Gasteiger partial charge >= 0.3 is 0 Å². The third kappa shape index (κ3) is 6.25. The number of hydrogen-bond donors (Lipinski definition) is 2. The Kier molecular flexibility index (Phi) is 9.22. The van der Waals surface area contributed by atoms with Crippen molar-refractivity contribution in [1.29, 1.82) is 0 Å². The van der Waals surface area contributed by atoms with Gasteiger partial charge in [0.25, 0.3) is 0 Å². The van der Waals surface area contributed by atoms with E-state index in [1.54, 1.807) is 19.2 Å². The Hall–Kier alpha value is -2.49. The number of halogens is 1. The molecular weight excluding hydrogens is 493 g/mol. The van der Waals surface area contributed by atoms with Gasteiger partial charge in [0.05, 0.1) is 13.7 Å². The zero-order chi connectivity index (χ0) is 20.6. The molecule has 2 aromatic carbocycles. The lowest BCUT2D eigenvalue weighted by Gasteiger charge is -2.37. The zero-order valence-electron chi connectivity index (χ0n) is 17.5. The topological polar surface area (TPSA) is 83.2 Å². The van der Waals surface area contributed by atoms with Crippen LogP contribution in [-0.4, -0.2) is 56.6 Å². The number of piperazine rings is 1. The van der Waals surface area contributed by atoms with E-state index in [0.29, 0.717) is 12.1 Å². The zero-order valence-corrected chi connectivity index (χ0v) is 19.8. The summed E-state index contributed by atoms with van der Waals surface area (Å²) in [7, 11) is 1.68. The number of guanidine groups is 1. The summed E-state index contributed by atoms with van der Waals surface area (Å²) in [6.45, 7) is 7.00. The second-order valence-electron chi connectivity index (χ2n) is 6.91. The number of ether oxygens (including phenoxy) is 1. The van der Waals surface area contributed by atoms with Crippen LogP contribution in [0.4, 0.5) is 5.69 Å². The SMILES string of the molecule is CCNC(=NCc1cccc(C(N)=O)c1)N1CCN(c2ccc(OC)cc2)CC1.I. The van der Waals surface area contributed by atoms with Gasteiger partial charge in [-0.2, -0.15) is 0 Å². The molecule has 0 spiro atoms. The fourth-order valence-corrected chi connectivity index (χ4v) is 3.38. The average Bonchev–Trinajstić information content (AvgIpc) is 2.77. The number of nitrogens with one attached hydrogen (secondary N) is 1. The van der Waals surface area contributed by atoms with E-state index >= 15 is 0 Å². The highest BCUT2D eigenvalue weighted by molar-refractivity contribution is 14.0. The number of rotatable bonds is 6. The summed E-state index contributed by atoms with van der Waals surface area (Å²) in [5.41, 5.74) is 8.05. The molecule has 2 aromatic rings. The van der Waals surface area contributed by atoms with Crippen molar-refractivity contribution in [3.05, 3.63) is 59.7 Å². The van der Waals surface area contributed by atoms with Gasteiger partial charge in [-0.15, -0.1) is 24.0 Å². The molecule has 0 aliphatic carbocycles. The summed E-state index contributed by atoms with van der Waals surface area (Å²) >= 11 is 0. The van der Waals surface area contributed by atoms with Gasteiger partial charge in [-0.25, -0.2) is 4.99 Å². The first kappa shape index (κ1) is 23.8. The molecule has 8 heteroatoms. The normalized spacial score (nSPS) is 14.1. The van der Waals surface area contributed by atoms with Crippen LogP contribution in [0.2, 0.25) is 0 Å². The first-order chi connectivity index (χ1) is 14.1. The molecule has 1 aliphatic heterocycles. The molecule has 3 rings (SSSR count). The maximum Gasteiger partial charge on any atom is 0.248 e. The minimum atomic E-state index is -0.419. The van der Waals surface area contributed by atoms with Crippen LogP contribution in [0.1, 0.15) is 22.8 Å². The van der Waals surface area contributed by atoms with Crippen molar-refractivity contribution >= 4 is 41.5 Å². The van der Waals surface area contributed by atoms with Crippen LogP contribution < -0.4 is 20.7 Å². The van der Waals surface area contributed by atoms with Gasteiger partial charge < -0.3 is 25.6 Å². The van der Waals surface area contributed by atoms with Gasteiger partial charge in [0.15, 0.2) is 5.96 Å². The highest BCUT2D eigenvalue weighted by atomic mass is 127. The first-order valence-electron chi connectivity index (χ1n) is 9.91. The Balaban J connectivity index is 0.00000320. The maximum absolute atomic E-state index is 11.4. The summed E-state index contributed by atoms with van der Waals surface area (Å²) in [6.07, 6.45) is 0. The van der Waals surface area contributed by atoms with Crippen LogP contribution in [-0.2, 0) is 6.54 Å².